The van der Waals surface area contributed by atoms with E-state index < -0.39 is 0 Å². The average molecular weight is 129 g/mol. The molecule has 1 nitrogen and oxygen atoms in total. The quantitative estimate of drug-likeness (QED) is 0.536. The molecule has 0 atom stereocenters. The molecule has 0 unspecified atom stereocenters. The van der Waals surface area contributed by atoms with Gasteiger partial charge in [0.1, 0.15) is 0 Å². The third kappa shape index (κ3) is 2.85. The Balaban J connectivity index is 0.000000640. The Morgan fingerprint density at radius 1 is 0.778 bits per heavy atom. The van der Waals surface area contributed by atoms with Crippen molar-refractivity contribution in [2.45, 2.75) is 39.5 Å². The van der Waals surface area contributed by atoms with Crippen LogP contribution in [-0.2, 0) is 0 Å². The van der Waals surface area contributed by atoms with Crippen LogP contribution in [0.15, 0.2) is 0 Å². The fourth-order valence-corrected chi connectivity index (χ4v) is 1.43. The zero-order chi connectivity index (χ0) is 5.98. The topological polar surface area (TPSA) is 35.0 Å². The molecule has 0 aliphatic heterocycles. The molecule has 0 amide bonds. The molecular formula is C8H19N. The fourth-order valence-electron chi connectivity index (χ4n) is 1.43. The minimum atomic E-state index is 0. The summed E-state index contributed by atoms with van der Waals surface area (Å²) in [5.41, 5.74) is 0. The van der Waals surface area contributed by atoms with E-state index in [1.165, 1.54) is 25.7 Å². The van der Waals surface area contributed by atoms with Crippen LogP contribution in [0.3, 0.4) is 0 Å². The van der Waals surface area contributed by atoms with Crippen molar-refractivity contribution in [1.82, 2.24) is 6.15 Å². The van der Waals surface area contributed by atoms with Crippen molar-refractivity contribution in [1.29, 1.82) is 0 Å². The summed E-state index contributed by atoms with van der Waals surface area (Å²) in [4.78, 5) is 0. The molecule has 0 aromatic heterocycles. The predicted molar refractivity (Wildman–Crippen MR) is 41.8 cm³/mol. The van der Waals surface area contributed by atoms with Crippen LogP contribution in [0.2, 0.25) is 0 Å². The number of hydrogen-bond donors (Lipinski definition) is 1. The van der Waals surface area contributed by atoms with Crippen LogP contribution in [0.1, 0.15) is 39.5 Å². The molecule has 0 spiro atoms. The third-order valence-electron chi connectivity index (χ3n) is 2.30. The van der Waals surface area contributed by atoms with Gasteiger partial charge in [0.05, 0.1) is 0 Å². The Kier molecular flexibility index (Phi) is 3.87. The van der Waals surface area contributed by atoms with E-state index in [2.05, 4.69) is 13.8 Å². The first-order valence-corrected chi connectivity index (χ1v) is 3.79. The zero-order valence-electron chi connectivity index (χ0n) is 6.69. The van der Waals surface area contributed by atoms with E-state index in [1.807, 2.05) is 0 Å². The van der Waals surface area contributed by atoms with Crippen molar-refractivity contribution in [2.24, 2.45) is 11.8 Å². The second-order valence-corrected chi connectivity index (χ2v) is 3.37. The molecule has 1 saturated carbocycles. The van der Waals surface area contributed by atoms with E-state index in [9.17, 15) is 0 Å². The minimum absolute atomic E-state index is 0. The molecule has 0 saturated heterocycles. The molecule has 1 heteroatoms. The molecule has 1 rings (SSSR count). The van der Waals surface area contributed by atoms with E-state index >= 15 is 0 Å². The highest BCUT2D eigenvalue weighted by atomic mass is 14.2. The van der Waals surface area contributed by atoms with Gasteiger partial charge in [-0.3, -0.25) is 0 Å². The van der Waals surface area contributed by atoms with Gasteiger partial charge in [-0.05, 0) is 11.8 Å². The molecule has 0 aromatic carbocycles. The molecule has 0 bridgehead atoms. The van der Waals surface area contributed by atoms with E-state index in [-0.39, 0.29) is 6.15 Å². The van der Waals surface area contributed by atoms with Crippen molar-refractivity contribution in [2.75, 3.05) is 0 Å². The molecule has 1 fully saturated rings. The van der Waals surface area contributed by atoms with E-state index in [1.54, 1.807) is 0 Å². The van der Waals surface area contributed by atoms with Crippen LogP contribution in [0.5, 0.6) is 0 Å². The maximum absolute atomic E-state index is 2.37. The Hall–Kier alpha value is -0.0400. The fraction of sp³-hybridized carbons (Fsp3) is 1.00. The highest BCUT2D eigenvalue weighted by molar-refractivity contribution is 4.65. The van der Waals surface area contributed by atoms with Crippen molar-refractivity contribution < 1.29 is 0 Å². The molecular weight excluding hydrogens is 110 g/mol. The number of rotatable bonds is 0. The van der Waals surface area contributed by atoms with Gasteiger partial charge in [-0.15, -0.1) is 0 Å². The lowest BCUT2D eigenvalue weighted by molar-refractivity contribution is 0.308. The summed E-state index contributed by atoms with van der Waals surface area (Å²) in [7, 11) is 0. The maximum Gasteiger partial charge on any atom is -0.0443 e. The van der Waals surface area contributed by atoms with Gasteiger partial charge in [0.2, 0.25) is 0 Å². The van der Waals surface area contributed by atoms with Gasteiger partial charge < -0.3 is 6.15 Å². The summed E-state index contributed by atoms with van der Waals surface area (Å²) in [5, 5.41) is 0. The third-order valence-corrected chi connectivity index (χ3v) is 2.30. The molecule has 9 heavy (non-hydrogen) atoms. The standard InChI is InChI=1S/C8H16.H3N/c1-7-3-5-8(2)6-4-7;/h7-8H,3-6H2,1-2H3;1H3. The van der Waals surface area contributed by atoms with Crippen molar-refractivity contribution in [3.8, 4) is 0 Å². The second-order valence-electron chi connectivity index (χ2n) is 3.37. The lowest BCUT2D eigenvalue weighted by atomic mass is 9.84. The van der Waals surface area contributed by atoms with Gasteiger partial charge in [-0.2, -0.15) is 0 Å². The smallest absolute Gasteiger partial charge is 0.0443 e. The molecule has 1 aliphatic carbocycles. The first kappa shape index (κ1) is 8.96. The largest absolute Gasteiger partial charge is 0.344 e. The van der Waals surface area contributed by atoms with Crippen LogP contribution >= 0.6 is 0 Å². The Labute approximate surface area is 58.4 Å². The van der Waals surface area contributed by atoms with E-state index in [4.69, 9.17) is 0 Å². The second kappa shape index (κ2) is 3.89. The summed E-state index contributed by atoms with van der Waals surface area (Å²) in [6.45, 7) is 4.73. The Morgan fingerprint density at radius 3 is 1.22 bits per heavy atom. The van der Waals surface area contributed by atoms with Gasteiger partial charge in [-0.1, -0.05) is 39.5 Å². The van der Waals surface area contributed by atoms with Gasteiger partial charge in [0.15, 0.2) is 0 Å². The Bertz CT molecular complexity index is 53.0. The van der Waals surface area contributed by atoms with Crippen molar-refractivity contribution in [3.63, 3.8) is 0 Å². The van der Waals surface area contributed by atoms with Gasteiger partial charge in [0.25, 0.3) is 0 Å². The molecule has 0 aromatic rings. The van der Waals surface area contributed by atoms with Crippen molar-refractivity contribution >= 4 is 0 Å². The van der Waals surface area contributed by atoms with Crippen LogP contribution in [0.4, 0.5) is 0 Å². The molecule has 0 heterocycles. The molecule has 0 radical (unpaired) electrons. The minimum Gasteiger partial charge on any atom is -0.344 e. The van der Waals surface area contributed by atoms with Gasteiger partial charge in [0, 0.05) is 0 Å². The van der Waals surface area contributed by atoms with Crippen molar-refractivity contribution in [3.05, 3.63) is 0 Å². The van der Waals surface area contributed by atoms with Crippen LogP contribution in [-0.4, -0.2) is 0 Å². The first-order chi connectivity index (χ1) is 3.79. The highest BCUT2D eigenvalue weighted by Crippen LogP contribution is 2.27. The summed E-state index contributed by atoms with van der Waals surface area (Å²) < 4.78 is 0. The number of hydrogen-bond acceptors (Lipinski definition) is 1. The van der Waals surface area contributed by atoms with Crippen LogP contribution in [0, 0.1) is 11.8 Å². The van der Waals surface area contributed by atoms with Gasteiger partial charge >= 0.3 is 0 Å². The van der Waals surface area contributed by atoms with Gasteiger partial charge in [-0.25, -0.2) is 0 Å². The summed E-state index contributed by atoms with van der Waals surface area (Å²) in [6.07, 6.45) is 5.89. The zero-order valence-corrected chi connectivity index (χ0v) is 6.69. The van der Waals surface area contributed by atoms with E-state index in [0.29, 0.717) is 0 Å². The average Bonchev–Trinajstić information content (AvgIpc) is 1.77. The van der Waals surface area contributed by atoms with E-state index in [0.717, 1.165) is 11.8 Å². The summed E-state index contributed by atoms with van der Waals surface area (Å²) >= 11 is 0. The van der Waals surface area contributed by atoms with Crippen LogP contribution < -0.4 is 6.15 Å². The highest BCUT2D eigenvalue weighted by Gasteiger charge is 2.13. The molecule has 56 valence electrons. The first-order valence-electron chi connectivity index (χ1n) is 3.79. The van der Waals surface area contributed by atoms with Crippen LogP contribution in [0.25, 0.3) is 0 Å². The maximum atomic E-state index is 2.37. The predicted octanol–water partition coefficient (Wildman–Crippen LogP) is 2.99. The summed E-state index contributed by atoms with van der Waals surface area (Å²) in [5.74, 6) is 2.04. The normalized spacial score (nSPS) is 35.3. The Morgan fingerprint density at radius 2 is 1.00 bits per heavy atom. The SMILES string of the molecule is CC1CCC(C)CC1.N. The lowest BCUT2D eigenvalue weighted by Gasteiger charge is -2.22. The molecule has 1 aliphatic rings. The summed E-state index contributed by atoms with van der Waals surface area (Å²) in [6, 6.07) is 0. The molecule has 3 N–H and O–H groups in total. The monoisotopic (exact) mass is 129 g/mol. The lowest BCUT2D eigenvalue weighted by Crippen LogP contribution is -2.08.